The van der Waals surface area contributed by atoms with E-state index in [0.29, 0.717) is 18.0 Å². The molecule has 0 aliphatic rings. The molecule has 1 heterocycles. The molecule has 0 aliphatic carbocycles. The number of hydrogen-bond acceptors (Lipinski definition) is 4. The number of nitrogens with zero attached hydrogens (tertiary/aromatic N) is 2. The highest BCUT2D eigenvalue weighted by molar-refractivity contribution is 5.96. The molecule has 0 aliphatic heterocycles. The fourth-order valence-corrected chi connectivity index (χ4v) is 1.79. The number of rotatable bonds is 5. The first-order valence-corrected chi connectivity index (χ1v) is 5.89. The SMILES string of the molecule is COc1ccc(Cn2cc(C(C)=O)c(OC)n2)cc1. The first-order chi connectivity index (χ1) is 9.13. The molecule has 0 N–H and O–H groups in total. The fraction of sp³-hybridized carbons (Fsp3) is 0.286. The lowest BCUT2D eigenvalue weighted by molar-refractivity contribution is 0.101. The Bertz CT molecular complexity index is 573. The summed E-state index contributed by atoms with van der Waals surface area (Å²) in [6.07, 6.45) is 1.70. The van der Waals surface area contributed by atoms with Gasteiger partial charge >= 0.3 is 0 Å². The average Bonchev–Trinajstić information content (AvgIpc) is 2.83. The second-order valence-corrected chi connectivity index (χ2v) is 4.15. The molecule has 5 heteroatoms. The van der Waals surface area contributed by atoms with Crippen LogP contribution in [0.4, 0.5) is 0 Å². The average molecular weight is 260 g/mol. The molecule has 100 valence electrons. The van der Waals surface area contributed by atoms with Crippen molar-refractivity contribution in [3.63, 3.8) is 0 Å². The Morgan fingerprint density at radius 3 is 2.37 bits per heavy atom. The summed E-state index contributed by atoms with van der Waals surface area (Å²) in [6.45, 7) is 2.07. The molecule has 2 aromatic rings. The Labute approximate surface area is 111 Å². The highest BCUT2D eigenvalue weighted by Gasteiger charge is 2.13. The van der Waals surface area contributed by atoms with Crippen LogP contribution in [0.5, 0.6) is 11.6 Å². The Hall–Kier alpha value is -2.30. The number of methoxy groups -OCH3 is 2. The van der Waals surface area contributed by atoms with Crippen LogP contribution in [0.25, 0.3) is 0 Å². The number of ketones is 1. The van der Waals surface area contributed by atoms with Gasteiger partial charge in [0.05, 0.1) is 26.3 Å². The standard InChI is InChI=1S/C14H16N2O3/c1-10(17)13-9-16(15-14(13)19-3)8-11-4-6-12(18-2)7-5-11/h4-7,9H,8H2,1-3H3. The van der Waals surface area contributed by atoms with Crippen LogP contribution in [0.3, 0.4) is 0 Å². The van der Waals surface area contributed by atoms with Crippen LogP contribution in [0.2, 0.25) is 0 Å². The second kappa shape index (κ2) is 5.56. The Morgan fingerprint density at radius 1 is 1.21 bits per heavy atom. The van der Waals surface area contributed by atoms with Crippen molar-refractivity contribution >= 4 is 5.78 Å². The van der Waals surface area contributed by atoms with Gasteiger partial charge in [-0.3, -0.25) is 9.48 Å². The van der Waals surface area contributed by atoms with Crippen LogP contribution >= 0.6 is 0 Å². The van der Waals surface area contributed by atoms with E-state index >= 15 is 0 Å². The zero-order chi connectivity index (χ0) is 13.8. The van der Waals surface area contributed by atoms with Crippen LogP contribution < -0.4 is 9.47 Å². The predicted molar refractivity (Wildman–Crippen MR) is 70.9 cm³/mol. The number of hydrogen-bond donors (Lipinski definition) is 0. The van der Waals surface area contributed by atoms with Crippen LogP contribution in [0, 0.1) is 0 Å². The molecule has 1 aromatic heterocycles. The van der Waals surface area contributed by atoms with Crippen molar-refractivity contribution in [2.24, 2.45) is 0 Å². The second-order valence-electron chi connectivity index (χ2n) is 4.15. The van der Waals surface area contributed by atoms with Gasteiger partial charge in [0, 0.05) is 6.20 Å². The maximum Gasteiger partial charge on any atom is 0.243 e. The molecule has 5 nitrogen and oxygen atoms in total. The molecule has 1 aromatic carbocycles. The highest BCUT2D eigenvalue weighted by atomic mass is 16.5. The molecule has 0 radical (unpaired) electrons. The van der Waals surface area contributed by atoms with Crippen molar-refractivity contribution in [3.8, 4) is 11.6 Å². The Kier molecular flexibility index (Phi) is 3.85. The largest absolute Gasteiger partial charge is 0.497 e. The number of Topliss-reactive ketones (excluding diaryl/α,β-unsaturated/α-hetero) is 1. The highest BCUT2D eigenvalue weighted by Crippen LogP contribution is 2.18. The molecule has 0 saturated carbocycles. The molecular formula is C14H16N2O3. The topological polar surface area (TPSA) is 53.4 Å². The molecule has 0 saturated heterocycles. The minimum Gasteiger partial charge on any atom is -0.497 e. The van der Waals surface area contributed by atoms with Crippen molar-refractivity contribution < 1.29 is 14.3 Å². The van der Waals surface area contributed by atoms with Crippen LogP contribution in [0.15, 0.2) is 30.5 Å². The van der Waals surface area contributed by atoms with E-state index in [0.717, 1.165) is 11.3 Å². The molecule has 0 bridgehead atoms. The summed E-state index contributed by atoms with van der Waals surface area (Å²) in [7, 11) is 3.14. The molecular weight excluding hydrogens is 244 g/mol. The lowest BCUT2D eigenvalue weighted by Gasteiger charge is -2.03. The van der Waals surface area contributed by atoms with E-state index in [2.05, 4.69) is 5.10 Å². The van der Waals surface area contributed by atoms with Gasteiger partial charge in [0.2, 0.25) is 5.88 Å². The molecule has 0 spiro atoms. The van der Waals surface area contributed by atoms with Crippen LogP contribution in [-0.2, 0) is 6.54 Å². The normalized spacial score (nSPS) is 10.3. The lowest BCUT2D eigenvalue weighted by atomic mass is 10.2. The third-order valence-electron chi connectivity index (χ3n) is 2.80. The van der Waals surface area contributed by atoms with Crippen molar-refractivity contribution in [3.05, 3.63) is 41.6 Å². The van der Waals surface area contributed by atoms with Gasteiger partial charge in [0.15, 0.2) is 5.78 Å². The lowest BCUT2D eigenvalue weighted by Crippen LogP contribution is -2.00. The Morgan fingerprint density at radius 2 is 1.89 bits per heavy atom. The summed E-state index contributed by atoms with van der Waals surface area (Å²) >= 11 is 0. The van der Waals surface area contributed by atoms with Crippen LogP contribution in [-0.4, -0.2) is 29.8 Å². The number of carbonyl (C=O) groups is 1. The molecule has 0 atom stereocenters. The van der Waals surface area contributed by atoms with E-state index in [1.165, 1.54) is 14.0 Å². The van der Waals surface area contributed by atoms with Gasteiger partial charge in [-0.15, -0.1) is 5.10 Å². The number of carbonyl (C=O) groups excluding carboxylic acids is 1. The van der Waals surface area contributed by atoms with Gasteiger partial charge in [-0.05, 0) is 24.6 Å². The number of aromatic nitrogens is 2. The zero-order valence-electron chi connectivity index (χ0n) is 11.2. The van der Waals surface area contributed by atoms with Gasteiger partial charge in [0.25, 0.3) is 0 Å². The van der Waals surface area contributed by atoms with Crippen molar-refractivity contribution in [2.75, 3.05) is 14.2 Å². The number of benzene rings is 1. The predicted octanol–water partition coefficient (Wildman–Crippen LogP) is 2.15. The molecule has 0 unspecified atom stereocenters. The van der Waals surface area contributed by atoms with Gasteiger partial charge in [-0.1, -0.05) is 12.1 Å². The van der Waals surface area contributed by atoms with Crippen molar-refractivity contribution in [2.45, 2.75) is 13.5 Å². The van der Waals surface area contributed by atoms with Gasteiger partial charge in [-0.2, -0.15) is 0 Å². The summed E-state index contributed by atoms with van der Waals surface area (Å²) < 4.78 is 11.9. The molecule has 0 fully saturated rings. The third kappa shape index (κ3) is 2.93. The van der Waals surface area contributed by atoms with E-state index in [-0.39, 0.29) is 5.78 Å². The molecule has 19 heavy (non-hydrogen) atoms. The quantitative estimate of drug-likeness (QED) is 0.773. The van der Waals surface area contributed by atoms with Gasteiger partial charge < -0.3 is 9.47 Å². The summed E-state index contributed by atoms with van der Waals surface area (Å²) in [5, 5.41) is 4.23. The van der Waals surface area contributed by atoms with Gasteiger partial charge in [0.1, 0.15) is 5.75 Å². The summed E-state index contributed by atoms with van der Waals surface area (Å²) in [5.74, 6) is 1.12. The summed E-state index contributed by atoms with van der Waals surface area (Å²) in [6, 6.07) is 7.70. The summed E-state index contributed by atoms with van der Waals surface area (Å²) in [5.41, 5.74) is 1.57. The third-order valence-corrected chi connectivity index (χ3v) is 2.80. The zero-order valence-corrected chi connectivity index (χ0v) is 11.2. The van der Waals surface area contributed by atoms with Crippen molar-refractivity contribution in [1.82, 2.24) is 9.78 Å². The van der Waals surface area contributed by atoms with Crippen molar-refractivity contribution in [1.29, 1.82) is 0 Å². The fourth-order valence-electron chi connectivity index (χ4n) is 1.79. The summed E-state index contributed by atoms with van der Waals surface area (Å²) in [4.78, 5) is 11.4. The monoisotopic (exact) mass is 260 g/mol. The van der Waals surface area contributed by atoms with Gasteiger partial charge in [-0.25, -0.2) is 0 Å². The molecule has 2 rings (SSSR count). The van der Waals surface area contributed by atoms with E-state index in [1.54, 1.807) is 18.0 Å². The van der Waals surface area contributed by atoms with E-state index in [1.807, 2.05) is 24.3 Å². The number of ether oxygens (including phenoxy) is 2. The minimum absolute atomic E-state index is 0.0576. The van der Waals surface area contributed by atoms with Crippen LogP contribution in [0.1, 0.15) is 22.8 Å². The first kappa shape index (κ1) is 13.1. The molecule has 0 amide bonds. The maximum atomic E-state index is 11.4. The van der Waals surface area contributed by atoms with E-state index < -0.39 is 0 Å². The minimum atomic E-state index is -0.0576. The van der Waals surface area contributed by atoms with E-state index in [9.17, 15) is 4.79 Å². The Balaban J connectivity index is 2.20. The maximum absolute atomic E-state index is 11.4. The first-order valence-electron chi connectivity index (χ1n) is 5.89. The van der Waals surface area contributed by atoms with E-state index in [4.69, 9.17) is 9.47 Å². The smallest absolute Gasteiger partial charge is 0.243 e.